The molecule has 3 aromatic carbocycles. The van der Waals surface area contributed by atoms with Crippen LogP contribution in [0.5, 0.6) is 0 Å². The SMILES string of the molecule is O=c1c(=Cc2nn(-c3ccccc3)cc2-c2ccc(F)cc2)sc2nc3ccccc3n12. The molecule has 0 aliphatic heterocycles. The van der Waals surface area contributed by atoms with Gasteiger partial charge in [-0.3, -0.25) is 4.79 Å². The average molecular weight is 438 g/mol. The quantitative estimate of drug-likeness (QED) is 0.410. The summed E-state index contributed by atoms with van der Waals surface area (Å²) in [6.07, 6.45) is 3.68. The Morgan fingerprint density at radius 3 is 2.47 bits per heavy atom. The Morgan fingerprint density at radius 2 is 1.66 bits per heavy atom. The summed E-state index contributed by atoms with van der Waals surface area (Å²) >= 11 is 1.33. The Hall–Kier alpha value is -4.10. The third-order valence-corrected chi connectivity index (χ3v) is 6.30. The van der Waals surface area contributed by atoms with Crippen molar-refractivity contribution in [1.29, 1.82) is 0 Å². The summed E-state index contributed by atoms with van der Waals surface area (Å²) in [7, 11) is 0. The second kappa shape index (κ2) is 7.25. The van der Waals surface area contributed by atoms with Gasteiger partial charge in [0.25, 0.3) is 5.56 Å². The fraction of sp³-hybridized carbons (Fsp3) is 0. The summed E-state index contributed by atoms with van der Waals surface area (Å²) < 4.78 is 17.5. The molecule has 0 saturated heterocycles. The third-order valence-electron chi connectivity index (χ3n) is 5.33. The first-order valence-electron chi connectivity index (χ1n) is 10.0. The molecule has 7 heteroatoms. The maximum Gasteiger partial charge on any atom is 0.275 e. The van der Waals surface area contributed by atoms with Crippen LogP contribution in [0.1, 0.15) is 5.69 Å². The van der Waals surface area contributed by atoms with E-state index in [1.807, 2.05) is 60.8 Å². The Labute approximate surface area is 185 Å². The molecule has 32 heavy (non-hydrogen) atoms. The molecule has 0 radical (unpaired) electrons. The number of imidazole rings is 1. The van der Waals surface area contributed by atoms with Crippen LogP contribution in [0, 0.1) is 5.82 Å². The Bertz CT molecular complexity index is 1700. The minimum Gasteiger partial charge on any atom is -0.267 e. The lowest BCUT2D eigenvalue weighted by Crippen LogP contribution is -2.22. The van der Waals surface area contributed by atoms with Crippen LogP contribution in [-0.4, -0.2) is 19.2 Å². The fourth-order valence-corrected chi connectivity index (χ4v) is 4.76. The lowest BCUT2D eigenvalue weighted by atomic mass is 10.1. The van der Waals surface area contributed by atoms with Gasteiger partial charge in [-0.1, -0.05) is 53.8 Å². The number of fused-ring (bicyclic) bond motifs is 3. The number of para-hydroxylation sites is 3. The highest BCUT2D eigenvalue weighted by molar-refractivity contribution is 7.15. The molecule has 6 rings (SSSR count). The highest BCUT2D eigenvalue weighted by atomic mass is 32.1. The first-order chi connectivity index (χ1) is 15.7. The molecule has 0 unspecified atom stereocenters. The molecule has 154 valence electrons. The van der Waals surface area contributed by atoms with Crippen molar-refractivity contribution >= 4 is 33.4 Å². The minimum absolute atomic E-state index is 0.127. The smallest absolute Gasteiger partial charge is 0.267 e. The molecular formula is C25H15FN4OS. The van der Waals surface area contributed by atoms with Crippen LogP contribution in [0.15, 0.2) is 89.9 Å². The molecule has 0 N–H and O–H groups in total. The zero-order valence-corrected chi connectivity index (χ0v) is 17.5. The zero-order valence-electron chi connectivity index (χ0n) is 16.6. The number of hydrogen-bond acceptors (Lipinski definition) is 4. The maximum absolute atomic E-state index is 13.5. The molecular weight excluding hydrogens is 423 g/mol. The summed E-state index contributed by atoms with van der Waals surface area (Å²) in [6, 6.07) is 23.6. The van der Waals surface area contributed by atoms with Crippen LogP contribution in [-0.2, 0) is 0 Å². The number of benzene rings is 3. The lowest BCUT2D eigenvalue weighted by Gasteiger charge is -1.99. The highest BCUT2D eigenvalue weighted by Crippen LogP contribution is 2.26. The van der Waals surface area contributed by atoms with Crippen LogP contribution < -0.4 is 10.1 Å². The number of aromatic nitrogens is 4. The van der Waals surface area contributed by atoms with Crippen LogP contribution in [0.25, 0.3) is 38.9 Å². The number of nitrogens with zero attached hydrogens (tertiary/aromatic N) is 4. The van der Waals surface area contributed by atoms with E-state index in [1.165, 1.54) is 23.5 Å². The molecule has 0 aliphatic rings. The van der Waals surface area contributed by atoms with Crippen LogP contribution >= 0.6 is 11.3 Å². The number of hydrogen-bond donors (Lipinski definition) is 0. The van der Waals surface area contributed by atoms with E-state index in [2.05, 4.69) is 4.98 Å². The molecule has 0 atom stereocenters. The predicted octanol–water partition coefficient (Wildman–Crippen LogP) is 4.45. The molecule has 0 fully saturated rings. The molecule has 3 heterocycles. The van der Waals surface area contributed by atoms with Gasteiger partial charge in [0.05, 0.1) is 26.9 Å². The van der Waals surface area contributed by atoms with Crippen molar-refractivity contribution in [3.8, 4) is 16.8 Å². The monoisotopic (exact) mass is 438 g/mol. The average Bonchev–Trinajstić information content (AvgIpc) is 3.48. The molecule has 6 aromatic rings. The maximum atomic E-state index is 13.5. The van der Waals surface area contributed by atoms with E-state index in [4.69, 9.17) is 5.10 Å². The van der Waals surface area contributed by atoms with Crippen molar-refractivity contribution in [2.45, 2.75) is 0 Å². The summed E-state index contributed by atoms with van der Waals surface area (Å²) in [5.41, 5.74) is 4.61. The van der Waals surface area contributed by atoms with E-state index < -0.39 is 0 Å². The van der Waals surface area contributed by atoms with Crippen molar-refractivity contribution < 1.29 is 4.39 Å². The van der Waals surface area contributed by atoms with E-state index in [0.29, 0.717) is 15.2 Å². The van der Waals surface area contributed by atoms with Gasteiger partial charge in [0.1, 0.15) is 5.82 Å². The van der Waals surface area contributed by atoms with Gasteiger partial charge in [-0.2, -0.15) is 5.10 Å². The van der Waals surface area contributed by atoms with Gasteiger partial charge in [0.2, 0.25) is 0 Å². The van der Waals surface area contributed by atoms with Crippen molar-refractivity contribution in [3.05, 3.63) is 111 Å². The molecule has 0 amide bonds. The summed E-state index contributed by atoms with van der Waals surface area (Å²) in [5, 5.41) is 4.74. The van der Waals surface area contributed by atoms with E-state index >= 15 is 0 Å². The Morgan fingerprint density at radius 1 is 0.906 bits per heavy atom. The topological polar surface area (TPSA) is 52.2 Å². The largest absolute Gasteiger partial charge is 0.275 e. The van der Waals surface area contributed by atoms with Crippen molar-refractivity contribution in [2.24, 2.45) is 0 Å². The van der Waals surface area contributed by atoms with Gasteiger partial charge in [-0.25, -0.2) is 18.5 Å². The van der Waals surface area contributed by atoms with Crippen molar-refractivity contribution in [1.82, 2.24) is 19.2 Å². The zero-order chi connectivity index (χ0) is 21.7. The molecule has 0 saturated carbocycles. The molecule has 0 aliphatic carbocycles. The molecule has 0 bridgehead atoms. The molecule has 0 spiro atoms. The van der Waals surface area contributed by atoms with Crippen LogP contribution in [0.3, 0.4) is 0 Å². The Kier molecular flexibility index (Phi) is 4.22. The van der Waals surface area contributed by atoms with E-state index in [1.54, 1.807) is 27.3 Å². The van der Waals surface area contributed by atoms with Gasteiger partial charge in [0, 0.05) is 11.8 Å². The van der Waals surface area contributed by atoms with Gasteiger partial charge in [-0.15, -0.1) is 0 Å². The van der Waals surface area contributed by atoms with Gasteiger partial charge >= 0.3 is 0 Å². The Balaban J connectivity index is 1.58. The summed E-state index contributed by atoms with van der Waals surface area (Å²) in [4.78, 5) is 18.4. The van der Waals surface area contributed by atoms with Crippen LogP contribution in [0.4, 0.5) is 4.39 Å². The number of halogens is 1. The second-order valence-corrected chi connectivity index (χ2v) is 8.36. The van der Waals surface area contributed by atoms with Gasteiger partial charge in [0.15, 0.2) is 4.96 Å². The van der Waals surface area contributed by atoms with Crippen molar-refractivity contribution in [3.63, 3.8) is 0 Å². The van der Waals surface area contributed by atoms with E-state index in [9.17, 15) is 9.18 Å². The minimum atomic E-state index is -0.303. The highest BCUT2D eigenvalue weighted by Gasteiger charge is 2.14. The van der Waals surface area contributed by atoms with Gasteiger partial charge in [-0.05, 0) is 48.0 Å². The van der Waals surface area contributed by atoms with E-state index in [0.717, 1.165) is 27.8 Å². The molecule has 5 nitrogen and oxygen atoms in total. The second-order valence-electron chi connectivity index (χ2n) is 7.35. The van der Waals surface area contributed by atoms with Crippen LogP contribution in [0.2, 0.25) is 0 Å². The third kappa shape index (κ3) is 3.02. The van der Waals surface area contributed by atoms with Gasteiger partial charge < -0.3 is 0 Å². The predicted molar refractivity (Wildman–Crippen MR) is 125 cm³/mol. The normalized spacial score (nSPS) is 12.2. The number of thiazole rings is 1. The standard InChI is InChI=1S/C25H15FN4OS/c26-17-12-10-16(11-13-17)19-15-29(18-6-2-1-3-7-18)28-21(19)14-23-24(31)30-22-9-5-4-8-20(22)27-25(30)32-23/h1-15H. The summed E-state index contributed by atoms with van der Waals surface area (Å²) in [5.74, 6) is -0.303. The summed E-state index contributed by atoms with van der Waals surface area (Å²) in [6.45, 7) is 0. The fourth-order valence-electron chi connectivity index (χ4n) is 3.79. The van der Waals surface area contributed by atoms with E-state index in [-0.39, 0.29) is 11.4 Å². The van der Waals surface area contributed by atoms with Crippen molar-refractivity contribution in [2.75, 3.05) is 0 Å². The molecule has 3 aromatic heterocycles. The first kappa shape index (κ1) is 18.7. The lowest BCUT2D eigenvalue weighted by molar-refractivity contribution is 0.628. The first-order valence-corrected chi connectivity index (χ1v) is 10.8. The number of rotatable bonds is 3.